The van der Waals surface area contributed by atoms with E-state index in [1.165, 1.54) is 30.7 Å². The number of likely N-dealkylation sites (N-methyl/N-ethyl adjacent to an activating group) is 1. The second kappa shape index (κ2) is 5.86. The second-order valence-electron chi connectivity index (χ2n) is 4.48. The Morgan fingerprint density at radius 1 is 1.50 bits per heavy atom. The van der Waals surface area contributed by atoms with Gasteiger partial charge in [-0.15, -0.1) is 11.3 Å². The molecule has 0 saturated carbocycles. The van der Waals surface area contributed by atoms with Gasteiger partial charge in [-0.3, -0.25) is 0 Å². The number of carbonyl (C=O) groups excluding carboxylic acids is 1. The zero-order valence-corrected chi connectivity index (χ0v) is 11.6. The molecular weight excluding hydrogens is 252 g/mol. The molecule has 6 heteroatoms. The predicted molar refractivity (Wildman–Crippen MR) is 70.9 cm³/mol. The van der Waals surface area contributed by atoms with Crippen molar-refractivity contribution in [3.63, 3.8) is 0 Å². The summed E-state index contributed by atoms with van der Waals surface area (Å²) in [6.07, 6.45) is 0.755. The van der Waals surface area contributed by atoms with Crippen LogP contribution < -0.4 is 5.32 Å². The van der Waals surface area contributed by atoms with Crippen molar-refractivity contribution in [2.75, 3.05) is 13.6 Å². The van der Waals surface area contributed by atoms with Gasteiger partial charge in [0.2, 0.25) is 0 Å². The van der Waals surface area contributed by atoms with E-state index in [0.29, 0.717) is 6.54 Å². The maximum Gasteiger partial charge on any atom is 0.329 e. The molecule has 1 aromatic rings. The fourth-order valence-corrected chi connectivity index (χ4v) is 1.97. The average Bonchev–Trinajstić information content (AvgIpc) is 2.80. The number of rotatable bonds is 5. The number of nitrogens with one attached hydrogen (secondary N) is 1. The van der Waals surface area contributed by atoms with Crippen LogP contribution in [0, 0.1) is 0 Å². The van der Waals surface area contributed by atoms with Crippen molar-refractivity contribution in [1.82, 2.24) is 10.2 Å². The van der Waals surface area contributed by atoms with Gasteiger partial charge >= 0.3 is 12.0 Å². The lowest BCUT2D eigenvalue weighted by Gasteiger charge is -2.31. The summed E-state index contributed by atoms with van der Waals surface area (Å²) in [6, 6.07) is 3.59. The lowest BCUT2D eigenvalue weighted by atomic mass is 10.1. The first kappa shape index (κ1) is 14.5. The Bertz CT molecular complexity index is 415. The normalized spacial score (nSPS) is 11.1. The first-order valence-corrected chi connectivity index (χ1v) is 6.51. The standard InChI is InChI=1S/C12H18N2O3S/c1-12(2,10(15)16)14(3)11(17)13-7-6-9-5-4-8-18-9/h4-5,8H,6-7H2,1-3H3,(H,13,17)(H,15,16). The molecule has 0 unspecified atom stereocenters. The van der Waals surface area contributed by atoms with Crippen LogP contribution in [0.4, 0.5) is 4.79 Å². The number of urea groups is 1. The molecule has 0 aromatic carbocycles. The molecule has 1 heterocycles. The van der Waals surface area contributed by atoms with Crippen LogP contribution in [0.25, 0.3) is 0 Å². The summed E-state index contributed by atoms with van der Waals surface area (Å²) in [4.78, 5) is 25.2. The monoisotopic (exact) mass is 270 g/mol. The zero-order chi connectivity index (χ0) is 13.8. The number of carboxylic acids is 1. The van der Waals surface area contributed by atoms with E-state index in [-0.39, 0.29) is 6.03 Å². The molecule has 2 amide bonds. The van der Waals surface area contributed by atoms with Gasteiger partial charge in [0.15, 0.2) is 0 Å². The molecule has 0 saturated heterocycles. The quantitative estimate of drug-likeness (QED) is 0.857. The molecule has 5 nitrogen and oxygen atoms in total. The molecule has 0 fully saturated rings. The highest BCUT2D eigenvalue weighted by Gasteiger charge is 2.34. The summed E-state index contributed by atoms with van der Waals surface area (Å²) in [5.74, 6) is -1.03. The van der Waals surface area contributed by atoms with Gasteiger partial charge < -0.3 is 15.3 Å². The Morgan fingerprint density at radius 2 is 2.17 bits per heavy atom. The number of carboxylic acid groups (broad SMARTS) is 1. The highest BCUT2D eigenvalue weighted by molar-refractivity contribution is 7.09. The summed E-state index contributed by atoms with van der Waals surface area (Å²) in [5.41, 5.74) is -1.22. The first-order chi connectivity index (χ1) is 8.35. The number of hydrogen-bond acceptors (Lipinski definition) is 3. The lowest BCUT2D eigenvalue weighted by molar-refractivity contribution is -0.146. The molecule has 0 aliphatic heterocycles. The predicted octanol–water partition coefficient (Wildman–Crippen LogP) is 1.80. The molecule has 0 atom stereocenters. The van der Waals surface area contributed by atoms with Crippen molar-refractivity contribution in [2.24, 2.45) is 0 Å². The fourth-order valence-electron chi connectivity index (χ4n) is 1.26. The van der Waals surface area contributed by atoms with E-state index in [2.05, 4.69) is 5.32 Å². The molecular formula is C12H18N2O3S. The Labute approximate surface area is 110 Å². The maximum absolute atomic E-state index is 11.8. The summed E-state index contributed by atoms with van der Waals surface area (Å²) >= 11 is 1.63. The van der Waals surface area contributed by atoms with E-state index in [1.807, 2.05) is 17.5 Å². The van der Waals surface area contributed by atoms with Crippen LogP contribution in [-0.2, 0) is 11.2 Å². The average molecular weight is 270 g/mol. The molecule has 100 valence electrons. The van der Waals surface area contributed by atoms with Crippen LogP contribution in [0.5, 0.6) is 0 Å². The number of nitrogens with zero attached hydrogens (tertiary/aromatic N) is 1. The van der Waals surface area contributed by atoms with Crippen molar-refractivity contribution in [1.29, 1.82) is 0 Å². The smallest absolute Gasteiger partial charge is 0.329 e. The third kappa shape index (κ3) is 3.46. The largest absolute Gasteiger partial charge is 0.480 e. The van der Waals surface area contributed by atoms with E-state index in [0.717, 1.165) is 6.42 Å². The van der Waals surface area contributed by atoms with Gasteiger partial charge in [0.05, 0.1) is 0 Å². The molecule has 0 aliphatic carbocycles. The SMILES string of the molecule is CN(C(=O)NCCc1cccs1)C(C)(C)C(=O)O. The molecule has 1 aromatic heterocycles. The number of aliphatic carboxylic acids is 1. The van der Waals surface area contributed by atoms with E-state index in [4.69, 9.17) is 5.11 Å². The van der Waals surface area contributed by atoms with E-state index >= 15 is 0 Å². The van der Waals surface area contributed by atoms with Crippen molar-refractivity contribution in [2.45, 2.75) is 25.8 Å². The van der Waals surface area contributed by atoms with E-state index in [1.54, 1.807) is 11.3 Å². The zero-order valence-electron chi connectivity index (χ0n) is 10.8. The van der Waals surface area contributed by atoms with E-state index < -0.39 is 11.5 Å². The van der Waals surface area contributed by atoms with Gasteiger partial charge in [0, 0.05) is 18.5 Å². The summed E-state index contributed by atoms with van der Waals surface area (Å²) in [6.45, 7) is 3.49. The minimum Gasteiger partial charge on any atom is -0.480 e. The van der Waals surface area contributed by atoms with Gasteiger partial charge in [-0.05, 0) is 31.7 Å². The number of hydrogen-bond donors (Lipinski definition) is 2. The molecule has 0 radical (unpaired) electrons. The van der Waals surface area contributed by atoms with Gasteiger partial charge in [-0.25, -0.2) is 9.59 Å². The number of thiophene rings is 1. The van der Waals surface area contributed by atoms with Crippen molar-refractivity contribution >= 4 is 23.3 Å². The van der Waals surface area contributed by atoms with Crippen molar-refractivity contribution in [3.8, 4) is 0 Å². The summed E-state index contributed by atoms with van der Waals surface area (Å²) < 4.78 is 0. The number of carbonyl (C=O) groups is 2. The second-order valence-corrected chi connectivity index (χ2v) is 5.52. The minimum absolute atomic E-state index is 0.376. The summed E-state index contributed by atoms with van der Waals surface area (Å²) in [7, 11) is 1.48. The van der Waals surface area contributed by atoms with Crippen LogP contribution in [-0.4, -0.2) is 41.1 Å². The fraction of sp³-hybridized carbons (Fsp3) is 0.500. The summed E-state index contributed by atoms with van der Waals surface area (Å²) in [5, 5.41) is 13.7. The molecule has 1 rings (SSSR count). The van der Waals surface area contributed by atoms with Crippen molar-refractivity contribution < 1.29 is 14.7 Å². The third-order valence-electron chi connectivity index (χ3n) is 2.89. The lowest BCUT2D eigenvalue weighted by Crippen LogP contribution is -2.54. The van der Waals surface area contributed by atoms with Crippen molar-refractivity contribution in [3.05, 3.63) is 22.4 Å². The highest BCUT2D eigenvalue weighted by atomic mass is 32.1. The maximum atomic E-state index is 11.8. The van der Waals surface area contributed by atoms with Crippen LogP contribution in [0.15, 0.2) is 17.5 Å². The van der Waals surface area contributed by atoms with Gasteiger partial charge in [0.1, 0.15) is 5.54 Å². The Morgan fingerprint density at radius 3 is 2.67 bits per heavy atom. The van der Waals surface area contributed by atoms with Crippen LogP contribution in [0.3, 0.4) is 0 Å². The Balaban J connectivity index is 2.43. The topological polar surface area (TPSA) is 69.6 Å². The molecule has 0 spiro atoms. The molecule has 2 N–H and O–H groups in total. The molecule has 18 heavy (non-hydrogen) atoms. The minimum atomic E-state index is -1.22. The number of amides is 2. The van der Waals surface area contributed by atoms with E-state index in [9.17, 15) is 9.59 Å². The third-order valence-corrected chi connectivity index (χ3v) is 3.83. The van der Waals surface area contributed by atoms with Gasteiger partial charge in [0.25, 0.3) is 0 Å². The first-order valence-electron chi connectivity index (χ1n) is 5.63. The molecule has 0 aliphatic rings. The van der Waals surface area contributed by atoms with Gasteiger partial charge in [-0.1, -0.05) is 6.07 Å². The Hall–Kier alpha value is -1.56. The van der Waals surface area contributed by atoms with Crippen LogP contribution >= 0.6 is 11.3 Å². The molecule has 0 bridgehead atoms. The van der Waals surface area contributed by atoms with Crippen LogP contribution in [0.1, 0.15) is 18.7 Å². The Kier molecular flexibility index (Phi) is 4.72. The highest BCUT2D eigenvalue weighted by Crippen LogP contribution is 2.12. The van der Waals surface area contributed by atoms with Gasteiger partial charge in [-0.2, -0.15) is 0 Å². The van der Waals surface area contributed by atoms with Crippen LogP contribution in [0.2, 0.25) is 0 Å².